The van der Waals surface area contributed by atoms with E-state index in [-0.39, 0.29) is 0 Å². The lowest BCUT2D eigenvalue weighted by molar-refractivity contribution is -0.0527. The minimum atomic E-state index is -4.81. The molecule has 0 aliphatic rings. The molecule has 0 N–H and O–H groups in total. The van der Waals surface area contributed by atoms with Crippen LogP contribution in [0.4, 0.5) is 30.7 Å². The summed E-state index contributed by atoms with van der Waals surface area (Å²) in [5.74, 6) is -4.92. The molecule has 0 radical (unpaired) electrons. The maximum Gasteiger partial charge on any atom is 0.446 e. The Hall–Kier alpha value is -1.12. The van der Waals surface area contributed by atoms with E-state index in [9.17, 15) is 30.7 Å². The minimum absolute atomic E-state index is 0.499. The van der Waals surface area contributed by atoms with E-state index in [1.807, 2.05) is 0 Å². The predicted octanol–water partition coefficient (Wildman–Crippen LogP) is 4.18. The van der Waals surface area contributed by atoms with Gasteiger partial charge in [-0.2, -0.15) is 26.3 Å². The third kappa shape index (κ3) is 3.99. The number of benzene rings is 1. The van der Waals surface area contributed by atoms with Crippen molar-refractivity contribution in [1.29, 1.82) is 0 Å². The molecule has 1 nitrogen and oxygen atoms in total. The molecule has 0 heterocycles. The van der Waals surface area contributed by atoms with Crippen LogP contribution >= 0.6 is 11.8 Å². The second-order valence-electron chi connectivity index (χ2n) is 2.62. The summed E-state index contributed by atoms with van der Waals surface area (Å²) in [6.07, 6.45) is 0. The van der Waals surface area contributed by atoms with Crippen LogP contribution in [-0.4, -0.2) is 12.1 Å². The molecule has 0 bridgehead atoms. The molecule has 0 amide bonds. The van der Waals surface area contributed by atoms with Crippen molar-refractivity contribution in [2.24, 2.45) is 0 Å². The molecule has 0 fully saturated rings. The summed E-state index contributed by atoms with van der Waals surface area (Å²) >= 11 is -0.889. The van der Waals surface area contributed by atoms with Crippen molar-refractivity contribution < 1.29 is 35.5 Å². The first-order valence-electron chi connectivity index (χ1n) is 3.89. The fourth-order valence-electron chi connectivity index (χ4n) is 0.905. The highest BCUT2D eigenvalue weighted by atomic mass is 32.2. The lowest BCUT2D eigenvalue weighted by Gasteiger charge is -2.10. The van der Waals surface area contributed by atoms with Crippen molar-refractivity contribution in [2.45, 2.75) is 17.0 Å². The lowest BCUT2D eigenvalue weighted by Crippen LogP contribution is -2.06. The van der Waals surface area contributed by atoms with Gasteiger partial charge in [0.05, 0.1) is 4.90 Å². The van der Waals surface area contributed by atoms with Gasteiger partial charge in [0, 0.05) is 0 Å². The fraction of sp³-hybridized carbons (Fsp3) is 0.250. The van der Waals surface area contributed by atoms with Gasteiger partial charge in [-0.25, -0.2) is 4.39 Å². The Kier molecular flexibility index (Phi) is 4.12. The van der Waals surface area contributed by atoms with E-state index in [1.165, 1.54) is 0 Å². The van der Waals surface area contributed by atoms with Crippen LogP contribution in [0, 0.1) is 11.6 Å². The Bertz CT molecular complexity index is 404. The second kappa shape index (κ2) is 5.03. The van der Waals surface area contributed by atoms with Gasteiger partial charge in [0.25, 0.3) is 0 Å². The van der Waals surface area contributed by atoms with Crippen molar-refractivity contribution in [1.82, 2.24) is 0 Å². The van der Waals surface area contributed by atoms with Gasteiger partial charge in [-0.1, -0.05) is 0 Å². The van der Waals surface area contributed by atoms with E-state index < -0.39 is 46.2 Å². The molecular formula is C8H3F7OS. The Morgan fingerprint density at radius 1 is 1.06 bits per heavy atom. The Labute approximate surface area is 94.6 Å². The molecule has 17 heavy (non-hydrogen) atoms. The van der Waals surface area contributed by atoms with Crippen molar-refractivity contribution in [3.63, 3.8) is 0 Å². The van der Waals surface area contributed by atoms with Gasteiger partial charge in [-0.15, -0.1) is 0 Å². The predicted molar refractivity (Wildman–Crippen MR) is 44.9 cm³/mol. The van der Waals surface area contributed by atoms with Gasteiger partial charge in [-0.3, -0.25) is 0 Å². The zero-order valence-corrected chi connectivity index (χ0v) is 8.51. The molecule has 1 aromatic carbocycles. The molecule has 0 aromatic heterocycles. The SMILES string of the molecule is Fc1c(OC(F)F)ccc(SC(F)(F)F)c1F. The summed E-state index contributed by atoms with van der Waals surface area (Å²) in [6.45, 7) is -3.40. The average molecular weight is 280 g/mol. The second-order valence-corrected chi connectivity index (χ2v) is 3.72. The first-order valence-corrected chi connectivity index (χ1v) is 4.71. The van der Waals surface area contributed by atoms with E-state index in [4.69, 9.17) is 0 Å². The van der Waals surface area contributed by atoms with E-state index >= 15 is 0 Å². The lowest BCUT2D eigenvalue weighted by atomic mass is 10.3. The third-order valence-electron chi connectivity index (χ3n) is 1.45. The van der Waals surface area contributed by atoms with Crippen LogP contribution < -0.4 is 4.74 Å². The zero-order valence-electron chi connectivity index (χ0n) is 7.69. The first kappa shape index (κ1) is 13.9. The van der Waals surface area contributed by atoms with Crippen LogP contribution in [0.5, 0.6) is 5.75 Å². The average Bonchev–Trinajstić information content (AvgIpc) is 2.15. The molecule has 0 saturated heterocycles. The highest BCUT2D eigenvalue weighted by Crippen LogP contribution is 2.40. The summed E-state index contributed by atoms with van der Waals surface area (Å²) in [5, 5.41) is 0. The summed E-state index contributed by atoms with van der Waals surface area (Å²) in [4.78, 5) is -1.06. The normalized spacial score (nSPS) is 12.0. The van der Waals surface area contributed by atoms with Gasteiger partial charge in [-0.05, 0) is 23.9 Å². The maximum atomic E-state index is 13.0. The van der Waals surface area contributed by atoms with Crippen molar-refractivity contribution in [3.05, 3.63) is 23.8 Å². The van der Waals surface area contributed by atoms with Crippen LogP contribution in [0.1, 0.15) is 0 Å². The molecule has 0 spiro atoms. The van der Waals surface area contributed by atoms with E-state index in [0.717, 1.165) is 0 Å². The number of hydrogen-bond donors (Lipinski definition) is 0. The topological polar surface area (TPSA) is 9.23 Å². The Morgan fingerprint density at radius 2 is 1.65 bits per heavy atom. The van der Waals surface area contributed by atoms with Crippen LogP contribution in [0.2, 0.25) is 0 Å². The van der Waals surface area contributed by atoms with Gasteiger partial charge >= 0.3 is 12.1 Å². The highest BCUT2D eigenvalue weighted by Gasteiger charge is 2.32. The van der Waals surface area contributed by atoms with Gasteiger partial charge in [0.1, 0.15) is 0 Å². The van der Waals surface area contributed by atoms with Crippen molar-refractivity contribution in [2.75, 3.05) is 0 Å². The minimum Gasteiger partial charge on any atom is -0.432 e. The highest BCUT2D eigenvalue weighted by molar-refractivity contribution is 8.00. The number of rotatable bonds is 3. The fourth-order valence-corrected chi connectivity index (χ4v) is 1.47. The molecule has 0 aliphatic carbocycles. The maximum absolute atomic E-state index is 13.0. The van der Waals surface area contributed by atoms with Gasteiger partial charge in [0.2, 0.25) is 5.82 Å². The number of ether oxygens (including phenoxy) is 1. The van der Waals surface area contributed by atoms with E-state index in [1.54, 1.807) is 0 Å². The molecule has 0 aliphatic heterocycles. The van der Waals surface area contributed by atoms with Gasteiger partial charge in [0.15, 0.2) is 11.6 Å². The van der Waals surface area contributed by atoms with Crippen LogP contribution in [-0.2, 0) is 0 Å². The number of halogens is 7. The van der Waals surface area contributed by atoms with Gasteiger partial charge < -0.3 is 4.74 Å². The molecule has 0 unspecified atom stereocenters. The number of thioether (sulfide) groups is 1. The van der Waals surface area contributed by atoms with Crippen LogP contribution in [0.25, 0.3) is 0 Å². The molecule has 96 valence electrons. The van der Waals surface area contributed by atoms with Crippen molar-refractivity contribution >= 4 is 11.8 Å². The largest absolute Gasteiger partial charge is 0.446 e. The number of hydrogen-bond acceptors (Lipinski definition) is 2. The van der Waals surface area contributed by atoms with Crippen LogP contribution in [0.3, 0.4) is 0 Å². The molecule has 0 saturated carbocycles. The van der Waals surface area contributed by atoms with E-state index in [0.29, 0.717) is 12.1 Å². The van der Waals surface area contributed by atoms with E-state index in [2.05, 4.69) is 4.74 Å². The monoisotopic (exact) mass is 280 g/mol. The molecule has 9 heteroatoms. The summed E-state index contributed by atoms with van der Waals surface area (Å²) in [5.41, 5.74) is -4.81. The summed E-state index contributed by atoms with van der Waals surface area (Å²) < 4.78 is 88.7. The molecule has 0 atom stereocenters. The molecule has 1 aromatic rings. The van der Waals surface area contributed by atoms with Crippen LogP contribution in [0.15, 0.2) is 17.0 Å². The Morgan fingerprint density at radius 3 is 2.12 bits per heavy atom. The molecular weight excluding hydrogens is 277 g/mol. The quantitative estimate of drug-likeness (QED) is 0.607. The standard InChI is InChI=1S/C8H3F7OS/c9-5-3(16-7(11)12)1-2-4(6(5)10)17-8(13,14)15/h1-2,7H. The molecule has 1 rings (SSSR count). The third-order valence-corrected chi connectivity index (χ3v) is 2.22. The first-order chi connectivity index (χ1) is 7.70. The smallest absolute Gasteiger partial charge is 0.432 e. The Balaban J connectivity index is 3.02. The zero-order chi connectivity index (χ0) is 13.2. The summed E-state index contributed by atoms with van der Waals surface area (Å²) in [6, 6.07) is 1.01. The van der Waals surface area contributed by atoms with Crippen molar-refractivity contribution in [3.8, 4) is 5.75 Å². The number of alkyl halides is 5. The summed E-state index contributed by atoms with van der Waals surface area (Å²) in [7, 11) is 0.